The third-order valence-corrected chi connectivity index (χ3v) is 5.74. The largest absolute Gasteiger partial charge is 0.447 e. The fourth-order valence-corrected chi connectivity index (χ4v) is 3.83. The highest BCUT2D eigenvalue weighted by Crippen LogP contribution is 2.34. The number of esters is 1. The molecule has 35 heavy (non-hydrogen) atoms. The molecule has 0 saturated heterocycles. The molecule has 1 aromatic heterocycles. The Morgan fingerprint density at radius 3 is 2.46 bits per heavy atom. The lowest BCUT2D eigenvalue weighted by Crippen LogP contribution is -2.26. The van der Waals surface area contributed by atoms with Crippen molar-refractivity contribution in [2.45, 2.75) is 25.1 Å². The normalized spacial score (nSPS) is 12.3. The van der Waals surface area contributed by atoms with Gasteiger partial charge in [-0.2, -0.15) is 13.2 Å². The first-order valence-corrected chi connectivity index (χ1v) is 11.1. The van der Waals surface area contributed by atoms with Gasteiger partial charge in [0.1, 0.15) is 0 Å². The fourth-order valence-electron chi connectivity index (χ4n) is 3.66. The number of halogens is 4. The van der Waals surface area contributed by atoms with Crippen LogP contribution in [0.2, 0.25) is 5.02 Å². The van der Waals surface area contributed by atoms with Crippen molar-refractivity contribution in [2.24, 2.45) is 0 Å². The van der Waals surface area contributed by atoms with Crippen LogP contribution in [0.15, 0.2) is 79.0 Å². The van der Waals surface area contributed by atoms with Crippen LogP contribution in [0.1, 0.15) is 29.2 Å². The van der Waals surface area contributed by atoms with Crippen LogP contribution >= 0.6 is 11.6 Å². The van der Waals surface area contributed by atoms with Crippen molar-refractivity contribution in [3.63, 3.8) is 0 Å². The number of hydrogen-bond acceptors (Lipinski definition) is 3. The molecule has 1 amide bonds. The van der Waals surface area contributed by atoms with Crippen molar-refractivity contribution in [3.05, 3.63) is 101 Å². The fraction of sp³-hybridized carbons (Fsp3) is 0.154. The number of carbonyl (C=O) groups is 2. The van der Waals surface area contributed by atoms with E-state index >= 15 is 0 Å². The number of rotatable bonds is 7. The number of amides is 1. The van der Waals surface area contributed by atoms with E-state index in [9.17, 15) is 22.8 Å². The van der Waals surface area contributed by atoms with E-state index in [1.54, 1.807) is 30.3 Å². The summed E-state index contributed by atoms with van der Waals surface area (Å²) in [5, 5.41) is 3.27. The summed E-state index contributed by atoms with van der Waals surface area (Å²) < 4.78 is 44.8. The molecule has 0 bridgehead atoms. The summed E-state index contributed by atoms with van der Waals surface area (Å²) >= 11 is 6.01. The molecule has 5 nitrogen and oxygen atoms in total. The van der Waals surface area contributed by atoms with E-state index in [-0.39, 0.29) is 17.1 Å². The van der Waals surface area contributed by atoms with Crippen LogP contribution in [0.4, 0.5) is 18.9 Å². The third kappa shape index (κ3) is 5.84. The van der Waals surface area contributed by atoms with Crippen molar-refractivity contribution in [1.29, 1.82) is 0 Å². The third-order valence-electron chi connectivity index (χ3n) is 5.41. The molecule has 0 radical (unpaired) electrons. The van der Waals surface area contributed by atoms with Gasteiger partial charge in [0.15, 0.2) is 0 Å². The monoisotopic (exact) mass is 500 g/mol. The number of aromatic nitrogens is 1. The summed E-state index contributed by atoms with van der Waals surface area (Å²) in [6, 6.07) is 18.5. The SMILES string of the molecule is O=C(CCc1c[nH]c2ccccc12)OC(C(=O)Nc1cc(C(F)(F)F)ccc1Cl)c1ccccc1. The Labute approximate surface area is 203 Å². The number of nitrogens with one attached hydrogen (secondary N) is 2. The van der Waals surface area contributed by atoms with Gasteiger partial charge in [0.2, 0.25) is 6.10 Å². The zero-order valence-corrected chi connectivity index (χ0v) is 19.0. The van der Waals surface area contributed by atoms with Crippen molar-refractivity contribution < 1.29 is 27.5 Å². The highest BCUT2D eigenvalue weighted by molar-refractivity contribution is 6.33. The molecule has 3 aromatic carbocycles. The number of anilines is 1. The Hall–Kier alpha value is -3.78. The first kappa shape index (κ1) is 24.3. The van der Waals surface area contributed by atoms with Crippen LogP contribution in [0, 0.1) is 0 Å². The lowest BCUT2D eigenvalue weighted by molar-refractivity contribution is -0.154. The number of aromatic amines is 1. The molecule has 1 unspecified atom stereocenters. The van der Waals surface area contributed by atoms with E-state index in [0.717, 1.165) is 34.7 Å². The molecule has 180 valence electrons. The van der Waals surface area contributed by atoms with Crippen LogP contribution in [0.3, 0.4) is 0 Å². The van der Waals surface area contributed by atoms with E-state index in [1.807, 2.05) is 30.5 Å². The molecule has 0 aliphatic carbocycles. The molecular formula is C26H20ClF3N2O3. The van der Waals surface area contributed by atoms with Gasteiger partial charge in [-0.3, -0.25) is 9.59 Å². The van der Waals surface area contributed by atoms with Crippen LogP contribution < -0.4 is 5.32 Å². The predicted octanol–water partition coefficient (Wildman–Crippen LogP) is 6.70. The Kier molecular flexibility index (Phi) is 7.12. The highest BCUT2D eigenvalue weighted by Gasteiger charge is 2.32. The maximum atomic E-state index is 13.1. The van der Waals surface area contributed by atoms with Gasteiger partial charge in [-0.15, -0.1) is 0 Å². The van der Waals surface area contributed by atoms with Crippen molar-refractivity contribution >= 4 is 40.1 Å². The number of para-hydroxylation sites is 1. The number of alkyl halides is 3. The second kappa shape index (κ2) is 10.2. The number of carbonyl (C=O) groups excluding carboxylic acids is 2. The average Bonchev–Trinajstić information content (AvgIpc) is 3.25. The maximum absolute atomic E-state index is 13.1. The Bertz CT molecular complexity index is 1350. The van der Waals surface area contributed by atoms with Crippen LogP contribution in [0.25, 0.3) is 10.9 Å². The first-order chi connectivity index (χ1) is 16.7. The number of hydrogen-bond donors (Lipinski definition) is 2. The molecule has 0 fully saturated rings. The number of H-pyrrole nitrogens is 1. The number of benzene rings is 3. The standard InChI is InChI=1S/C26H20ClF3N2O3/c27-20-12-11-18(26(28,29)30)14-22(20)32-25(34)24(16-6-2-1-3-7-16)35-23(33)13-10-17-15-31-21-9-5-4-8-19(17)21/h1-9,11-12,14-15,24,31H,10,13H2,(H,32,34). The molecule has 0 aliphatic rings. The molecule has 0 spiro atoms. The summed E-state index contributed by atoms with van der Waals surface area (Å²) in [5.74, 6) is -1.45. The van der Waals surface area contributed by atoms with Gasteiger partial charge in [0.05, 0.1) is 16.3 Å². The van der Waals surface area contributed by atoms with Crippen LogP contribution in [-0.2, 0) is 26.9 Å². The van der Waals surface area contributed by atoms with E-state index in [1.165, 1.54) is 0 Å². The minimum atomic E-state index is -4.61. The second-order valence-electron chi connectivity index (χ2n) is 7.82. The lowest BCUT2D eigenvalue weighted by Gasteiger charge is -2.19. The average molecular weight is 501 g/mol. The molecule has 4 rings (SSSR count). The zero-order chi connectivity index (χ0) is 25.0. The molecule has 1 atom stereocenters. The maximum Gasteiger partial charge on any atom is 0.416 e. The second-order valence-corrected chi connectivity index (χ2v) is 8.23. The van der Waals surface area contributed by atoms with E-state index in [0.29, 0.717) is 12.0 Å². The van der Waals surface area contributed by atoms with Gasteiger partial charge in [-0.25, -0.2) is 0 Å². The van der Waals surface area contributed by atoms with Crippen molar-refractivity contribution in [2.75, 3.05) is 5.32 Å². The number of aryl methyl sites for hydroxylation is 1. The quantitative estimate of drug-likeness (QED) is 0.277. The molecule has 4 aromatic rings. The van der Waals surface area contributed by atoms with Gasteiger partial charge in [-0.1, -0.05) is 60.1 Å². The summed E-state index contributed by atoms with van der Waals surface area (Å²) in [6.45, 7) is 0. The lowest BCUT2D eigenvalue weighted by atomic mass is 10.1. The van der Waals surface area contributed by atoms with Crippen LogP contribution in [0.5, 0.6) is 0 Å². The summed E-state index contributed by atoms with van der Waals surface area (Å²) in [5.41, 5.74) is 1.03. The smallest absolute Gasteiger partial charge is 0.416 e. The molecule has 0 aliphatic heterocycles. The van der Waals surface area contributed by atoms with E-state index in [4.69, 9.17) is 16.3 Å². The number of fused-ring (bicyclic) bond motifs is 1. The molecule has 2 N–H and O–H groups in total. The molecule has 9 heteroatoms. The summed E-state index contributed by atoms with van der Waals surface area (Å²) in [7, 11) is 0. The minimum Gasteiger partial charge on any atom is -0.447 e. The Balaban J connectivity index is 1.50. The molecular weight excluding hydrogens is 481 g/mol. The topological polar surface area (TPSA) is 71.2 Å². The van der Waals surface area contributed by atoms with E-state index < -0.39 is 29.7 Å². The van der Waals surface area contributed by atoms with Crippen molar-refractivity contribution in [3.8, 4) is 0 Å². The van der Waals surface area contributed by atoms with Gasteiger partial charge in [0, 0.05) is 29.1 Å². The molecule has 1 heterocycles. The minimum absolute atomic E-state index is 0.00275. The number of ether oxygens (including phenoxy) is 1. The van der Waals surface area contributed by atoms with Gasteiger partial charge in [-0.05, 0) is 36.2 Å². The zero-order valence-electron chi connectivity index (χ0n) is 18.2. The first-order valence-electron chi connectivity index (χ1n) is 10.7. The summed E-state index contributed by atoms with van der Waals surface area (Å²) in [6.07, 6.45) is -3.79. The van der Waals surface area contributed by atoms with E-state index in [2.05, 4.69) is 10.3 Å². The Morgan fingerprint density at radius 2 is 1.71 bits per heavy atom. The van der Waals surface area contributed by atoms with Crippen molar-refractivity contribution in [1.82, 2.24) is 4.98 Å². The highest BCUT2D eigenvalue weighted by atomic mass is 35.5. The Morgan fingerprint density at radius 1 is 1.00 bits per heavy atom. The summed E-state index contributed by atoms with van der Waals surface area (Å²) in [4.78, 5) is 28.9. The molecule has 0 saturated carbocycles. The predicted molar refractivity (Wildman–Crippen MR) is 127 cm³/mol. The van der Waals surface area contributed by atoms with Gasteiger partial charge >= 0.3 is 12.1 Å². The van der Waals surface area contributed by atoms with Gasteiger partial charge in [0.25, 0.3) is 5.91 Å². The van der Waals surface area contributed by atoms with Gasteiger partial charge < -0.3 is 15.0 Å². The van der Waals surface area contributed by atoms with Crippen LogP contribution in [-0.4, -0.2) is 16.9 Å².